The van der Waals surface area contributed by atoms with E-state index in [-0.39, 0.29) is 5.91 Å². The van der Waals surface area contributed by atoms with Crippen LogP contribution in [0, 0.1) is 6.92 Å². The molecule has 1 N–H and O–H groups in total. The van der Waals surface area contributed by atoms with Crippen molar-refractivity contribution in [2.45, 2.75) is 6.92 Å². The van der Waals surface area contributed by atoms with Crippen molar-refractivity contribution < 1.29 is 4.79 Å². The number of pyridine rings is 1. The molecule has 0 aliphatic rings. The Labute approximate surface area is 145 Å². The van der Waals surface area contributed by atoms with Crippen LogP contribution in [0.1, 0.15) is 16.2 Å². The lowest BCUT2D eigenvalue weighted by molar-refractivity contribution is 0.102. The van der Waals surface area contributed by atoms with Crippen LogP contribution in [0.3, 0.4) is 0 Å². The van der Waals surface area contributed by atoms with Gasteiger partial charge < -0.3 is 5.32 Å². The van der Waals surface area contributed by atoms with Gasteiger partial charge in [0.25, 0.3) is 5.91 Å². The summed E-state index contributed by atoms with van der Waals surface area (Å²) in [5, 5.41) is 7.31. The van der Waals surface area contributed by atoms with Crippen molar-refractivity contribution >= 4 is 17.2 Å². The van der Waals surface area contributed by atoms with Gasteiger partial charge in [-0.2, -0.15) is 5.10 Å². The van der Waals surface area contributed by atoms with E-state index in [9.17, 15) is 4.79 Å². The van der Waals surface area contributed by atoms with E-state index >= 15 is 0 Å². The number of carbonyl (C=O) groups is 1. The summed E-state index contributed by atoms with van der Waals surface area (Å²) in [6.07, 6.45) is 0. The SMILES string of the molecule is Cc1nc2cccc(-c3ccc(C(=O)Nc4ccccc4)cc3)n2n1. The second-order valence-electron chi connectivity index (χ2n) is 5.74. The molecular weight excluding hydrogens is 312 g/mol. The zero-order valence-electron chi connectivity index (χ0n) is 13.7. The van der Waals surface area contributed by atoms with Gasteiger partial charge in [0.2, 0.25) is 0 Å². The third-order valence-corrected chi connectivity index (χ3v) is 3.94. The molecule has 0 aliphatic carbocycles. The number of aryl methyl sites for hydroxylation is 1. The summed E-state index contributed by atoms with van der Waals surface area (Å²) in [6, 6.07) is 22.7. The van der Waals surface area contributed by atoms with Crippen molar-refractivity contribution in [2.24, 2.45) is 0 Å². The average molecular weight is 328 g/mol. The van der Waals surface area contributed by atoms with Crippen molar-refractivity contribution in [3.63, 3.8) is 0 Å². The number of hydrogen-bond acceptors (Lipinski definition) is 3. The molecule has 0 saturated carbocycles. The lowest BCUT2D eigenvalue weighted by Crippen LogP contribution is -2.11. The molecule has 4 rings (SSSR count). The fraction of sp³-hybridized carbons (Fsp3) is 0.0500. The van der Waals surface area contributed by atoms with E-state index in [1.165, 1.54) is 0 Å². The van der Waals surface area contributed by atoms with Gasteiger partial charge in [-0.05, 0) is 43.3 Å². The Bertz CT molecular complexity index is 1040. The monoisotopic (exact) mass is 328 g/mol. The zero-order valence-corrected chi connectivity index (χ0v) is 13.7. The van der Waals surface area contributed by atoms with E-state index in [4.69, 9.17) is 0 Å². The third kappa shape index (κ3) is 2.99. The lowest BCUT2D eigenvalue weighted by Gasteiger charge is -2.07. The number of nitrogens with zero attached hydrogens (tertiary/aromatic N) is 3. The predicted molar refractivity (Wildman–Crippen MR) is 97.6 cm³/mol. The standard InChI is InChI=1S/C20H16N4O/c1-14-21-19-9-5-8-18(24(19)23-14)15-10-12-16(13-11-15)20(25)22-17-6-3-2-4-7-17/h2-13H,1H3,(H,22,25). The number of hydrogen-bond donors (Lipinski definition) is 1. The van der Waals surface area contributed by atoms with E-state index in [1.54, 1.807) is 0 Å². The van der Waals surface area contributed by atoms with E-state index in [0.717, 1.165) is 28.4 Å². The second kappa shape index (κ2) is 6.20. The number of rotatable bonds is 3. The van der Waals surface area contributed by atoms with Gasteiger partial charge in [0.15, 0.2) is 5.65 Å². The third-order valence-electron chi connectivity index (χ3n) is 3.94. The number of fused-ring (bicyclic) bond motifs is 1. The molecule has 0 radical (unpaired) electrons. The summed E-state index contributed by atoms with van der Waals surface area (Å²) in [5.74, 6) is 0.596. The molecule has 122 valence electrons. The largest absolute Gasteiger partial charge is 0.322 e. The highest BCUT2D eigenvalue weighted by Crippen LogP contribution is 2.21. The second-order valence-corrected chi connectivity index (χ2v) is 5.74. The summed E-state index contributed by atoms with van der Waals surface area (Å²) in [5.41, 5.74) is 4.11. The molecule has 0 spiro atoms. The highest BCUT2D eigenvalue weighted by Gasteiger charge is 2.09. The van der Waals surface area contributed by atoms with E-state index in [1.807, 2.05) is 84.2 Å². The van der Waals surface area contributed by atoms with Crippen LogP contribution >= 0.6 is 0 Å². The molecule has 0 unspecified atom stereocenters. The normalized spacial score (nSPS) is 10.8. The summed E-state index contributed by atoms with van der Waals surface area (Å²) in [4.78, 5) is 16.7. The first kappa shape index (κ1) is 15.1. The Hall–Kier alpha value is -3.47. The molecule has 0 aliphatic heterocycles. The molecule has 2 aromatic carbocycles. The smallest absolute Gasteiger partial charge is 0.255 e. The number of anilines is 1. The van der Waals surface area contributed by atoms with Crippen LogP contribution in [0.2, 0.25) is 0 Å². The van der Waals surface area contributed by atoms with E-state index < -0.39 is 0 Å². The van der Waals surface area contributed by atoms with Crippen molar-refractivity contribution in [1.82, 2.24) is 14.6 Å². The highest BCUT2D eigenvalue weighted by molar-refractivity contribution is 6.04. The first-order valence-corrected chi connectivity index (χ1v) is 8.00. The molecule has 0 saturated heterocycles. The summed E-state index contributed by atoms with van der Waals surface area (Å²) in [6.45, 7) is 1.87. The van der Waals surface area contributed by atoms with Crippen molar-refractivity contribution in [3.8, 4) is 11.3 Å². The predicted octanol–water partition coefficient (Wildman–Crippen LogP) is 3.96. The maximum Gasteiger partial charge on any atom is 0.255 e. The van der Waals surface area contributed by atoms with Crippen LogP contribution in [0.25, 0.3) is 16.9 Å². The number of carbonyl (C=O) groups excluding carboxylic acids is 1. The minimum Gasteiger partial charge on any atom is -0.322 e. The molecule has 4 aromatic rings. The first-order valence-electron chi connectivity index (χ1n) is 8.00. The fourth-order valence-corrected chi connectivity index (χ4v) is 2.75. The number of para-hydroxylation sites is 1. The van der Waals surface area contributed by atoms with Crippen LogP contribution in [-0.2, 0) is 0 Å². The molecule has 5 nitrogen and oxygen atoms in total. The topological polar surface area (TPSA) is 59.3 Å². The Morgan fingerprint density at radius 1 is 0.920 bits per heavy atom. The van der Waals surface area contributed by atoms with Gasteiger partial charge in [-0.1, -0.05) is 36.4 Å². The minimum absolute atomic E-state index is 0.132. The Balaban J connectivity index is 1.62. The van der Waals surface area contributed by atoms with Crippen molar-refractivity contribution in [1.29, 1.82) is 0 Å². The van der Waals surface area contributed by atoms with Crippen LogP contribution in [0.4, 0.5) is 5.69 Å². The maximum atomic E-state index is 12.3. The summed E-state index contributed by atoms with van der Waals surface area (Å²) in [7, 11) is 0. The summed E-state index contributed by atoms with van der Waals surface area (Å²) < 4.78 is 1.81. The number of benzene rings is 2. The van der Waals surface area contributed by atoms with Gasteiger partial charge in [-0.15, -0.1) is 0 Å². The van der Waals surface area contributed by atoms with Gasteiger partial charge >= 0.3 is 0 Å². The highest BCUT2D eigenvalue weighted by atomic mass is 16.1. The zero-order chi connectivity index (χ0) is 17.2. The average Bonchev–Trinajstić information content (AvgIpc) is 3.03. The Kier molecular flexibility index (Phi) is 3.74. The molecule has 2 heterocycles. The number of amides is 1. The Morgan fingerprint density at radius 3 is 2.44 bits per heavy atom. The van der Waals surface area contributed by atoms with Gasteiger partial charge in [0.1, 0.15) is 5.82 Å². The van der Waals surface area contributed by atoms with Gasteiger partial charge in [0, 0.05) is 16.8 Å². The number of nitrogens with one attached hydrogen (secondary N) is 1. The molecule has 0 atom stereocenters. The quantitative estimate of drug-likeness (QED) is 0.619. The van der Waals surface area contributed by atoms with Crippen LogP contribution < -0.4 is 5.32 Å². The molecular formula is C20H16N4O. The number of aromatic nitrogens is 3. The molecule has 25 heavy (non-hydrogen) atoms. The summed E-state index contributed by atoms with van der Waals surface area (Å²) >= 11 is 0. The molecule has 0 fully saturated rings. The van der Waals surface area contributed by atoms with Crippen LogP contribution in [0.15, 0.2) is 72.8 Å². The molecule has 1 amide bonds. The molecule has 0 bridgehead atoms. The van der Waals surface area contributed by atoms with E-state index in [0.29, 0.717) is 5.56 Å². The molecule has 2 aromatic heterocycles. The lowest BCUT2D eigenvalue weighted by atomic mass is 10.1. The first-order chi connectivity index (χ1) is 12.2. The van der Waals surface area contributed by atoms with Gasteiger partial charge in [-0.3, -0.25) is 4.79 Å². The Morgan fingerprint density at radius 2 is 1.68 bits per heavy atom. The van der Waals surface area contributed by atoms with Gasteiger partial charge in [0.05, 0.1) is 5.69 Å². The van der Waals surface area contributed by atoms with Crippen molar-refractivity contribution in [2.75, 3.05) is 5.32 Å². The van der Waals surface area contributed by atoms with E-state index in [2.05, 4.69) is 15.4 Å². The van der Waals surface area contributed by atoms with Crippen LogP contribution in [0.5, 0.6) is 0 Å². The minimum atomic E-state index is -0.132. The molecule has 5 heteroatoms. The van der Waals surface area contributed by atoms with Crippen LogP contribution in [-0.4, -0.2) is 20.5 Å². The fourth-order valence-electron chi connectivity index (χ4n) is 2.75. The van der Waals surface area contributed by atoms with Crippen molar-refractivity contribution in [3.05, 3.63) is 84.2 Å². The maximum absolute atomic E-state index is 12.3. The van der Waals surface area contributed by atoms with Gasteiger partial charge in [-0.25, -0.2) is 9.50 Å².